The van der Waals surface area contributed by atoms with E-state index in [9.17, 15) is 13.2 Å². The Morgan fingerprint density at radius 1 is 1.11 bits per heavy atom. The average molecular weight is 515 g/mol. The Morgan fingerprint density at radius 3 is 2.74 bits per heavy atom. The van der Waals surface area contributed by atoms with Crippen LogP contribution in [0.1, 0.15) is 0 Å². The number of piperazine rings is 1. The molecule has 0 spiro atoms. The average Bonchev–Trinajstić information content (AvgIpc) is 2.88. The van der Waals surface area contributed by atoms with Crippen LogP contribution in [0.15, 0.2) is 58.5 Å². The minimum Gasteiger partial charge on any atom is -0.495 e. The van der Waals surface area contributed by atoms with E-state index in [2.05, 4.69) is 15.2 Å². The topological polar surface area (TPSA) is 101 Å². The molecule has 5 rings (SSSR count). The zero-order chi connectivity index (χ0) is 24.4. The summed E-state index contributed by atoms with van der Waals surface area (Å²) in [5.74, 6) is 1.64. The van der Waals surface area contributed by atoms with Gasteiger partial charge in [-0.15, -0.1) is 11.8 Å². The third-order valence-electron chi connectivity index (χ3n) is 6.11. The summed E-state index contributed by atoms with van der Waals surface area (Å²) in [5.41, 5.74) is 1.40. The molecule has 3 heterocycles. The number of ether oxygens (including phenoxy) is 2. The molecule has 9 nitrogen and oxygen atoms in total. The first-order chi connectivity index (χ1) is 16.9. The van der Waals surface area contributed by atoms with Gasteiger partial charge in [0.25, 0.3) is 0 Å². The zero-order valence-corrected chi connectivity index (χ0v) is 20.9. The van der Waals surface area contributed by atoms with Crippen LogP contribution in [-0.4, -0.2) is 80.7 Å². The first kappa shape index (κ1) is 23.9. The lowest BCUT2D eigenvalue weighted by atomic mass is 10.2. The maximum atomic E-state index is 13.2. The number of thioether (sulfide) groups is 1. The van der Waals surface area contributed by atoms with Gasteiger partial charge in [0.1, 0.15) is 18.1 Å². The van der Waals surface area contributed by atoms with Crippen LogP contribution >= 0.6 is 11.8 Å². The summed E-state index contributed by atoms with van der Waals surface area (Å²) in [6.07, 6.45) is 1.68. The zero-order valence-electron chi connectivity index (χ0n) is 19.3. The summed E-state index contributed by atoms with van der Waals surface area (Å²) in [4.78, 5) is 19.4. The van der Waals surface area contributed by atoms with E-state index in [0.29, 0.717) is 56.5 Å². The molecule has 1 N–H and O–H groups in total. The van der Waals surface area contributed by atoms with Gasteiger partial charge in [-0.1, -0.05) is 6.07 Å². The highest BCUT2D eigenvalue weighted by Gasteiger charge is 2.29. The minimum atomic E-state index is -3.63. The summed E-state index contributed by atoms with van der Waals surface area (Å²) < 4.78 is 39.2. The monoisotopic (exact) mass is 514 g/mol. The molecule has 2 aromatic carbocycles. The second kappa shape index (κ2) is 10.0. The van der Waals surface area contributed by atoms with Crippen LogP contribution in [0.25, 0.3) is 10.9 Å². The number of hydrogen-bond acceptors (Lipinski definition) is 8. The summed E-state index contributed by atoms with van der Waals surface area (Å²) >= 11 is 1.41. The molecule has 1 saturated heterocycles. The number of nitrogens with zero attached hydrogens (tertiary/aromatic N) is 3. The normalized spacial score (nSPS) is 17.1. The van der Waals surface area contributed by atoms with Crippen molar-refractivity contribution in [3.63, 3.8) is 0 Å². The molecule has 2 aliphatic heterocycles. The van der Waals surface area contributed by atoms with Crippen molar-refractivity contribution < 1.29 is 22.7 Å². The van der Waals surface area contributed by atoms with Crippen molar-refractivity contribution >= 4 is 44.3 Å². The van der Waals surface area contributed by atoms with Gasteiger partial charge in [-0.2, -0.15) is 4.31 Å². The van der Waals surface area contributed by atoms with E-state index in [4.69, 9.17) is 9.47 Å². The lowest BCUT2D eigenvalue weighted by Gasteiger charge is -2.34. The highest BCUT2D eigenvalue weighted by Crippen LogP contribution is 2.34. The number of rotatable bonds is 7. The molecule has 2 aliphatic rings. The predicted octanol–water partition coefficient (Wildman–Crippen LogP) is 2.67. The van der Waals surface area contributed by atoms with Crippen LogP contribution in [0.2, 0.25) is 0 Å². The number of anilines is 1. The fourth-order valence-corrected chi connectivity index (χ4v) is 6.43. The summed E-state index contributed by atoms with van der Waals surface area (Å²) in [6, 6.07) is 12.6. The number of carbonyl (C=O) groups is 1. The Hall–Kier alpha value is -2.86. The van der Waals surface area contributed by atoms with Gasteiger partial charge in [0.2, 0.25) is 15.9 Å². The van der Waals surface area contributed by atoms with E-state index in [1.54, 1.807) is 31.5 Å². The van der Waals surface area contributed by atoms with Crippen molar-refractivity contribution in [2.24, 2.45) is 0 Å². The molecule has 35 heavy (non-hydrogen) atoms. The largest absolute Gasteiger partial charge is 0.495 e. The van der Waals surface area contributed by atoms with Crippen LogP contribution in [0.4, 0.5) is 5.69 Å². The number of benzene rings is 2. The molecule has 1 amide bonds. The molecule has 0 radical (unpaired) electrons. The lowest BCUT2D eigenvalue weighted by molar-refractivity contribution is -0.113. The van der Waals surface area contributed by atoms with Crippen molar-refractivity contribution in [1.82, 2.24) is 14.2 Å². The number of amides is 1. The van der Waals surface area contributed by atoms with Crippen LogP contribution in [0, 0.1) is 0 Å². The first-order valence-corrected chi connectivity index (χ1v) is 13.7. The molecule has 0 aliphatic carbocycles. The Balaban J connectivity index is 1.17. The standard InChI is InChI=1S/C24H26N4O5S2/c1-32-17-13-19-20(25-15-17)3-2-4-22(19)33-12-11-27-7-9-28(10-8-27)35(30,31)18-5-6-23-21(14-18)26-24(29)16-34-23/h2-6,13-15H,7-12,16H2,1H3,(H,26,29). The molecule has 0 bridgehead atoms. The van der Waals surface area contributed by atoms with E-state index >= 15 is 0 Å². The fourth-order valence-electron chi connectivity index (χ4n) is 4.19. The van der Waals surface area contributed by atoms with Gasteiger partial charge >= 0.3 is 0 Å². The maximum absolute atomic E-state index is 13.2. The number of methoxy groups -OCH3 is 1. The number of hydrogen-bond donors (Lipinski definition) is 1. The van der Waals surface area contributed by atoms with Crippen molar-refractivity contribution in [3.8, 4) is 11.5 Å². The molecule has 0 atom stereocenters. The minimum absolute atomic E-state index is 0.119. The number of aromatic nitrogens is 1. The third-order valence-corrected chi connectivity index (χ3v) is 9.08. The molecule has 1 fully saturated rings. The second-order valence-corrected chi connectivity index (χ2v) is 11.2. The van der Waals surface area contributed by atoms with Gasteiger partial charge in [0, 0.05) is 43.0 Å². The number of fused-ring (bicyclic) bond motifs is 2. The van der Waals surface area contributed by atoms with Gasteiger partial charge in [0.15, 0.2) is 0 Å². The van der Waals surface area contributed by atoms with E-state index in [-0.39, 0.29) is 10.8 Å². The van der Waals surface area contributed by atoms with Gasteiger partial charge in [-0.3, -0.25) is 14.7 Å². The number of nitrogens with one attached hydrogen (secondary N) is 1. The van der Waals surface area contributed by atoms with Crippen LogP contribution in [0.3, 0.4) is 0 Å². The Labute approximate surface area is 208 Å². The van der Waals surface area contributed by atoms with Crippen LogP contribution in [0.5, 0.6) is 11.5 Å². The molecule has 11 heteroatoms. The van der Waals surface area contributed by atoms with E-state index in [1.165, 1.54) is 16.1 Å². The summed E-state index contributed by atoms with van der Waals surface area (Å²) in [6.45, 7) is 3.19. The third kappa shape index (κ3) is 5.08. The van der Waals surface area contributed by atoms with Crippen LogP contribution in [-0.2, 0) is 14.8 Å². The Kier molecular flexibility index (Phi) is 6.83. The predicted molar refractivity (Wildman–Crippen MR) is 135 cm³/mol. The molecule has 3 aromatic rings. The number of carbonyl (C=O) groups excluding carboxylic acids is 1. The maximum Gasteiger partial charge on any atom is 0.243 e. The van der Waals surface area contributed by atoms with Gasteiger partial charge in [-0.25, -0.2) is 8.42 Å². The molecular weight excluding hydrogens is 488 g/mol. The Morgan fingerprint density at radius 2 is 1.94 bits per heavy atom. The molecule has 1 aromatic heterocycles. The van der Waals surface area contributed by atoms with E-state index < -0.39 is 10.0 Å². The smallest absolute Gasteiger partial charge is 0.243 e. The number of sulfonamides is 1. The van der Waals surface area contributed by atoms with E-state index in [1.807, 2.05) is 24.3 Å². The quantitative estimate of drug-likeness (QED) is 0.514. The number of pyridine rings is 1. The highest BCUT2D eigenvalue weighted by molar-refractivity contribution is 8.00. The van der Waals surface area contributed by atoms with Crippen molar-refractivity contribution in [1.29, 1.82) is 0 Å². The fraction of sp³-hybridized carbons (Fsp3) is 0.333. The van der Waals surface area contributed by atoms with Crippen LogP contribution < -0.4 is 14.8 Å². The van der Waals surface area contributed by atoms with Crippen molar-refractivity contribution in [2.45, 2.75) is 9.79 Å². The SMILES string of the molecule is COc1cnc2cccc(OCCN3CCN(S(=O)(=O)c4ccc5c(c4)NC(=O)CS5)CC3)c2c1. The Bertz CT molecular complexity index is 1360. The van der Waals surface area contributed by atoms with E-state index in [0.717, 1.165) is 21.5 Å². The molecule has 184 valence electrons. The van der Waals surface area contributed by atoms with Crippen molar-refractivity contribution in [3.05, 3.63) is 48.7 Å². The van der Waals surface area contributed by atoms with Gasteiger partial charge in [0.05, 0.1) is 35.2 Å². The second-order valence-electron chi connectivity index (χ2n) is 8.29. The molecule has 0 unspecified atom stereocenters. The summed E-state index contributed by atoms with van der Waals surface area (Å²) in [7, 11) is -2.03. The first-order valence-electron chi connectivity index (χ1n) is 11.3. The highest BCUT2D eigenvalue weighted by atomic mass is 32.2. The lowest BCUT2D eigenvalue weighted by Crippen LogP contribution is -2.49. The van der Waals surface area contributed by atoms with Crippen molar-refractivity contribution in [2.75, 3.05) is 57.5 Å². The molecular formula is C24H26N4O5S2. The van der Waals surface area contributed by atoms with Gasteiger partial charge in [-0.05, 0) is 36.4 Å². The molecule has 0 saturated carbocycles. The summed E-state index contributed by atoms with van der Waals surface area (Å²) in [5, 5.41) is 3.65. The van der Waals surface area contributed by atoms with Gasteiger partial charge < -0.3 is 14.8 Å².